The van der Waals surface area contributed by atoms with E-state index in [9.17, 15) is 0 Å². The van der Waals surface area contributed by atoms with E-state index in [0.29, 0.717) is 0 Å². The average molecular weight is 792 g/mol. The molecule has 0 fully saturated rings. The van der Waals surface area contributed by atoms with Crippen molar-refractivity contribution in [3.63, 3.8) is 0 Å². The molecular weight excluding hydrogens is 751 g/mol. The second kappa shape index (κ2) is 16.1. The Kier molecular flexibility index (Phi) is 9.57. The normalized spacial score (nSPS) is 11.2. The molecule has 0 aliphatic heterocycles. The predicted octanol–water partition coefficient (Wildman–Crippen LogP) is 17.1. The maximum Gasteiger partial charge on any atom is 0.135 e. The highest BCUT2D eigenvalue weighted by Crippen LogP contribution is 2.41. The summed E-state index contributed by atoms with van der Waals surface area (Å²) >= 11 is 0. The van der Waals surface area contributed by atoms with Crippen LogP contribution in [0.15, 0.2) is 253 Å². The standard InChI is InChI=1S/C60H41NO/c1-3-14-43(15-4-1)53-20-7-9-22-55(53)45-28-35-51(36-29-45)61(52-37-30-46(31-38-52)56-23-10-8-21-54(56)44-16-5-2-6-17-44)50-33-26-42(27-34-50)47-18-13-19-48(40-47)49-32-39-60-58(41-49)57-24-11-12-25-59(57)62-60/h1-41H. The van der Waals surface area contributed by atoms with Gasteiger partial charge in [0.15, 0.2) is 0 Å². The van der Waals surface area contributed by atoms with E-state index in [-0.39, 0.29) is 0 Å². The maximum atomic E-state index is 6.12. The molecule has 0 aliphatic carbocycles. The Morgan fingerprint density at radius 3 is 1.10 bits per heavy atom. The summed E-state index contributed by atoms with van der Waals surface area (Å²) in [4.78, 5) is 2.35. The van der Waals surface area contributed by atoms with E-state index in [4.69, 9.17) is 4.42 Å². The lowest BCUT2D eigenvalue weighted by molar-refractivity contribution is 0.669. The van der Waals surface area contributed by atoms with Gasteiger partial charge in [0.2, 0.25) is 0 Å². The molecule has 0 unspecified atom stereocenters. The van der Waals surface area contributed by atoms with Crippen LogP contribution in [-0.2, 0) is 0 Å². The Balaban J connectivity index is 0.954. The summed E-state index contributed by atoms with van der Waals surface area (Å²) in [5.41, 5.74) is 19.4. The minimum absolute atomic E-state index is 0.907. The molecule has 0 bridgehead atoms. The largest absolute Gasteiger partial charge is 0.456 e. The number of para-hydroxylation sites is 1. The van der Waals surface area contributed by atoms with Crippen LogP contribution in [0.2, 0.25) is 0 Å². The number of hydrogen-bond donors (Lipinski definition) is 0. The van der Waals surface area contributed by atoms with Crippen LogP contribution in [0.4, 0.5) is 17.1 Å². The van der Waals surface area contributed by atoms with Crippen LogP contribution in [0.25, 0.3) is 88.7 Å². The van der Waals surface area contributed by atoms with Crippen molar-refractivity contribution in [3.05, 3.63) is 249 Å². The molecular formula is C60H41NO. The summed E-state index contributed by atoms with van der Waals surface area (Å²) in [7, 11) is 0. The topological polar surface area (TPSA) is 16.4 Å². The second-order valence-electron chi connectivity index (χ2n) is 15.7. The van der Waals surface area contributed by atoms with E-state index < -0.39 is 0 Å². The van der Waals surface area contributed by atoms with Crippen LogP contribution in [-0.4, -0.2) is 0 Å². The molecule has 0 atom stereocenters. The van der Waals surface area contributed by atoms with Crippen molar-refractivity contribution in [1.29, 1.82) is 0 Å². The molecule has 11 aromatic rings. The van der Waals surface area contributed by atoms with Crippen molar-refractivity contribution in [2.75, 3.05) is 4.90 Å². The highest BCUT2D eigenvalue weighted by molar-refractivity contribution is 6.06. The molecule has 0 amide bonds. The average Bonchev–Trinajstić information content (AvgIpc) is 3.73. The van der Waals surface area contributed by atoms with E-state index in [1.54, 1.807) is 0 Å². The van der Waals surface area contributed by atoms with Crippen LogP contribution in [0.5, 0.6) is 0 Å². The maximum absolute atomic E-state index is 6.12. The molecule has 0 saturated heterocycles. The number of fused-ring (bicyclic) bond motifs is 3. The first-order valence-corrected chi connectivity index (χ1v) is 21.2. The Morgan fingerprint density at radius 2 is 0.581 bits per heavy atom. The minimum Gasteiger partial charge on any atom is -0.456 e. The lowest BCUT2D eigenvalue weighted by Crippen LogP contribution is -2.09. The SMILES string of the molecule is c1ccc(-c2ccccc2-c2ccc(N(c3ccc(-c4cccc(-c5ccc6oc7ccccc7c6c5)c4)cc3)c3ccc(-c4ccccc4-c4ccccc4)cc3)cc2)cc1. The zero-order valence-corrected chi connectivity index (χ0v) is 34.0. The smallest absolute Gasteiger partial charge is 0.135 e. The first-order chi connectivity index (χ1) is 30.7. The fraction of sp³-hybridized carbons (Fsp3) is 0. The second-order valence-corrected chi connectivity index (χ2v) is 15.7. The Hall–Kier alpha value is -8.20. The zero-order chi connectivity index (χ0) is 41.2. The molecule has 2 heteroatoms. The summed E-state index contributed by atoms with van der Waals surface area (Å²) in [5.74, 6) is 0. The van der Waals surface area contributed by atoms with Crippen molar-refractivity contribution in [3.8, 4) is 66.8 Å². The van der Waals surface area contributed by atoms with Crippen LogP contribution < -0.4 is 4.90 Å². The lowest BCUT2D eigenvalue weighted by atomic mass is 9.94. The van der Waals surface area contributed by atoms with Crippen LogP contribution in [0.3, 0.4) is 0 Å². The van der Waals surface area contributed by atoms with Gasteiger partial charge in [0.25, 0.3) is 0 Å². The van der Waals surface area contributed by atoms with Crippen molar-refractivity contribution < 1.29 is 4.42 Å². The summed E-state index contributed by atoms with van der Waals surface area (Å²) in [6.07, 6.45) is 0. The quantitative estimate of drug-likeness (QED) is 0.145. The molecule has 0 saturated carbocycles. The molecule has 0 N–H and O–H groups in total. The van der Waals surface area contributed by atoms with Crippen molar-refractivity contribution in [2.45, 2.75) is 0 Å². The third-order valence-corrected chi connectivity index (χ3v) is 11.9. The fourth-order valence-electron chi connectivity index (χ4n) is 8.82. The molecule has 0 radical (unpaired) electrons. The van der Waals surface area contributed by atoms with Gasteiger partial charge in [-0.25, -0.2) is 0 Å². The lowest BCUT2D eigenvalue weighted by Gasteiger charge is -2.26. The van der Waals surface area contributed by atoms with E-state index in [2.05, 4.69) is 241 Å². The predicted molar refractivity (Wildman–Crippen MR) is 261 cm³/mol. The van der Waals surface area contributed by atoms with Crippen LogP contribution in [0, 0.1) is 0 Å². The molecule has 0 spiro atoms. The minimum atomic E-state index is 0.907. The molecule has 1 aromatic heterocycles. The van der Waals surface area contributed by atoms with Gasteiger partial charge in [0, 0.05) is 27.8 Å². The highest BCUT2D eigenvalue weighted by atomic mass is 16.3. The first kappa shape index (κ1) is 36.8. The molecule has 10 aromatic carbocycles. The summed E-state index contributed by atoms with van der Waals surface area (Å²) < 4.78 is 6.12. The van der Waals surface area contributed by atoms with Gasteiger partial charge in [0.1, 0.15) is 11.2 Å². The number of rotatable bonds is 9. The number of hydrogen-bond acceptors (Lipinski definition) is 2. The van der Waals surface area contributed by atoms with Gasteiger partial charge in [-0.1, -0.05) is 188 Å². The Labute approximate surface area is 362 Å². The molecule has 0 aliphatic rings. The van der Waals surface area contributed by atoms with E-state index in [1.165, 1.54) is 61.2 Å². The van der Waals surface area contributed by atoms with Crippen molar-refractivity contribution in [2.24, 2.45) is 0 Å². The van der Waals surface area contributed by atoms with Gasteiger partial charge >= 0.3 is 0 Å². The number of furan rings is 1. The monoisotopic (exact) mass is 791 g/mol. The number of benzene rings is 10. The summed E-state index contributed by atoms with van der Waals surface area (Å²) in [6.45, 7) is 0. The molecule has 2 nitrogen and oxygen atoms in total. The summed E-state index contributed by atoms with van der Waals surface area (Å²) in [6, 6.07) is 89.1. The highest BCUT2D eigenvalue weighted by Gasteiger charge is 2.16. The van der Waals surface area contributed by atoms with Gasteiger partial charge in [-0.2, -0.15) is 0 Å². The van der Waals surface area contributed by atoms with Gasteiger partial charge in [-0.15, -0.1) is 0 Å². The third kappa shape index (κ3) is 7.04. The van der Waals surface area contributed by atoms with E-state index in [1.807, 2.05) is 12.1 Å². The van der Waals surface area contributed by atoms with Crippen LogP contribution >= 0.6 is 0 Å². The van der Waals surface area contributed by atoms with Gasteiger partial charge in [0.05, 0.1) is 0 Å². The van der Waals surface area contributed by atoms with Gasteiger partial charge in [-0.05, 0) is 127 Å². The van der Waals surface area contributed by atoms with E-state index >= 15 is 0 Å². The molecule has 292 valence electrons. The Morgan fingerprint density at radius 1 is 0.226 bits per heavy atom. The van der Waals surface area contributed by atoms with E-state index in [0.717, 1.165) is 44.6 Å². The zero-order valence-electron chi connectivity index (χ0n) is 34.0. The van der Waals surface area contributed by atoms with Gasteiger partial charge in [-0.3, -0.25) is 0 Å². The molecule has 62 heavy (non-hydrogen) atoms. The third-order valence-electron chi connectivity index (χ3n) is 11.9. The van der Waals surface area contributed by atoms with Crippen LogP contribution in [0.1, 0.15) is 0 Å². The van der Waals surface area contributed by atoms with Gasteiger partial charge < -0.3 is 9.32 Å². The number of nitrogens with zero attached hydrogens (tertiary/aromatic N) is 1. The molecule has 1 heterocycles. The number of anilines is 3. The van der Waals surface area contributed by atoms with Crippen molar-refractivity contribution in [1.82, 2.24) is 0 Å². The first-order valence-electron chi connectivity index (χ1n) is 21.2. The fourth-order valence-corrected chi connectivity index (χ4v) is 8.82. The Bertz CT molecular complexity index is 3180. The summed E-state index contributed by atoms with van der Waals surface area (Å²) in [5, 5.41) is 2.27. The van der Waals surface area contributed by atoms with Crippen molar-refractivity contribution >= 4 is 39.0 Å². The molecule has 11 rings (SSSR count).